The van der Waals surface area contributed by atoms with E-state index in [-0.39, 0.29) is 0 Å². The van der Waals surface area contributed by atoms with Gasteiger partial charge in [0.05, 0.1) is 5.69 Å². The van der Waals surface area contributed by atoms with Crippen LogP contribution in [0, 0.1) is 0 Å². The van der Waals surface area contributed by atoms with Crippen LogP contribution in [-0.4, -0.2) is 37.1 Å². The van der Waals surface area contributed by atoms with E-state index in [1.807, 2.05) is 0 Å². The summed E-state index contributed by atoms with van der Waals surface area (Å²) in [5, 5.41) is 0.919. The monoisotopic (exact) mass is 372 g/mol. The molecular weight excluding hydrogens is 356 g/mol. The van der Waals surface area contributed by atoms with E-state index in [2.05, 4.69) is 59.9 Å². The Morgan fingerprint density at radius 2 is 2.11 bits per heavy atom. The number of nitrogens with zero attached hydrogens (tertiary/aromatic N) is 2. The van der Waals surface area contributed by atoms with Gasteiger partial charge in [0.1, 0.15) is 0 Å². The largest absolute Gasteiger partial charge is 0.368 e. The predicted molar refractivity (Wildman–Crippen MR) is 83.6 cm³/mol. The van der Waals surface area contributed by atoms with Gasteiger partial charge < -0.3 is 4.90 Å². The molecule has 2 aliphatic heterocycles. The van der Waals surface area contributed by atoms with Crippen LogP contribution in [0.5, 0.6) is 0 Å². The zero-order chi connectivity index (χ0) is 12.5. The van der Waals surface area contributed by atoms with Gasteiger partial charge in [-0.15, -0.1) is 0 Å². The molecule has 2 heterocycles. The summed E-state index contributed by atoms with van der Waals surface area (Å²) in [6.45, 7) is 4.87. The topological polar surface area (TPSA) is 6.48 Å². The van der Waals surface area contributed by atoms with E-state index in [4.69, 9.17) is 0 Å². The van der Waals surface area contributed by atoms with Crippen molar-refractivity contribution in [2.75, 3.05) is 31.1 Å². The molecule has 18 heavy (non-hydrogen) atoms. The first-order chi connectivity index (χ1) is 8.78. The third-order valence-corrected chi connectivity index (χ3v) is 5.38. The lowest BCUT2D eigenvalue weighted by molar-refractivity contribution is 0.231. The number of halogens is 2. The molecule has 2 aliphatic rings. The minimum absolute atomic E-state index is 0.779. The number of rotatable bonds is 2. The number of hydrogen-bond donors (Lipinski definition) is 0. The van der Waals surface area contributed by atoms with Crippen LogP contribution in [0.15, 0.2) is 22.7 Å². The van der Waals surface area contributed by atoms with Gasteiger partial charge in [0.2, 0.25) is 0 Å². The quantitative estimate of drug-likeness (QED) is 0.730. The van der Waals surface area contributed by atoms with E-state index in [9.17, 15) is 0 Å². The summed E-state index contributed by atoms with van der Waals surface area (Å²) in [5.74, 6) is 0. The fraction of sp³-hybridized carbons (Fsp3) is 0.571. The first-order valence-corrected chi connectivity index (χ1v) is 8.53. The van der Waals surface area contributed by atoms with Crippen molar-refractivity contribution in [3.63, 3.8) is 0 Å². The Balaban J connectivity index is 1.78. The average molecular weight is 374 g/mol. The van der Waals surface area contributed by atoms with Gasteiger partial charge >= 0.3 is 0 Å². The van der Waals surface area contributed by atoms with Crippen molar-refractivity contribution in [1.29, 1.82) is 0 Å². The first kappa shape index (κ1) is 12.9. The molecule has 1 unspecified atom stereocenters. The number of alkyl halides is 1. The SMILES string of the molecule is BrCc1ccc(N2CCN3CCCC3C2)c(Br)c1. The van der Waals surface area contributed by atoms with Gasteiger partial charge in [0.15, 0.2) is 0 Å². The highest BCUT2D eigenvalue weighted by atomic mass is 79.9. The molecule has 4 heteroatoms. The molecule has 0 saturated carbocycles. The maximum absolute atomic E-state index is 3.72. The van der Waals surface area contributed by atoms with Crippen molar-refractivity contribution in [3.8, 4) is 0 Å². The van der Waals surface area contributed by atoms with Crippen molar-refractivity contribution < 1.29 is 0 Å². The van der Waals surface area contributed by atoms with E-state index in [1.54, 1.807) is 0 Å². The summed E-state index contributed by atoms with van der Waals surface area (Å²) in [6, 6.07) is 7.48. The van der Waals surface area contributed by atoms with Crippen LogP contribution in [0.4, 0.5) is 5.69 Å². The second-order valence-corrected chi connectivity index (χ2v) is 6.61. The molecule has 98 valence electrons. The fourth-order valence-electron chi connectivity index (χ4n) is 3.10. The first-order valence-electron chi connectivity index (χ1n) is 6.61. The molecule has 0 bridgehead atoms. The van der Waals surface area contributed by atoms with Crippen LogP contribution in [0.3, 0.4) is 0 Å². The summed E-state index contributed by atoms with van der Waals surface area (Å²) in [6.07, 6.45) is 2.75. The summed E-state index contributed by atoms with van der Waals surface area (Å²) in [5.41, 5.74) is 2.68. The highest BCUT2D eigenvalue weighted by molar-refractivity contribution is 9.10. The Morgan fingerprint density at radius 3 is 2.89 bits per heavy atom. The molecule has 0 spiro atoms. The normalized spacial score (nSPS) is 24.3. The molecule has 2 fully saturated rings. The van der Waals surface area contributed by atoms with Crippen molar-refractivity contribution in [2.45, 2.75) is 24.2 Å². The standard InChI is InChI=1S/C14H18Br2N2/c15-9-11-3-4-14(13(16)8-11)18-7-6-17-5-1-2-12(17)10-18/h3-4,8,12H,1-2,5-7,9-10H2. The molecule has 0 N–H and O–H groups in total. The van der Waals surface area contributed by atoms with E-state index >= 15 is 0 Å². The molecule has 0 radical (unpaired) electrons. The number of benzene rings is 1. The summed E-state index contributed by atoms with van der Waals surface area (Å²) >= 11 is 7.23. The second kappa shape index (κ2) is 5.51. The molecule has 3 rings (SSSR count). The van der Waals surface area contributed by atoms with Crippen LogP contribution in [0.25, 0.3) is 0 Å². The molecule has 0 aromatic heterocycles. The van der Waals surface area contributed by atoms with Crippen molar-refractivity contribution in [1.82, 2.24) is 4.90 Å². The van der Waals surface area contributed by atoms with Gasteiger partial charge in [-0.2, -0.15) is 0 Å². The lowest BCUT2D eigenvalue weighted by Gasteiger charge is -2.39. The maximum atomic E-state index is 3.72. The molecule has 0 aliphatic carbocycles. The van der Waals surface area contributed by atoms with E-state index < -0.39 is 0 Å². The zero-order valence-corrected chi connectivity index (χ0v) is 13.6. The van der Waals surface area contributed by atoms with E-state index in [1.165, 1.54) is 48.2 Å². The third kappa shape index (κ3) is 2.47. The minimum atomic E-state index is 0.779. The van der Waals surface area contributed by atoms with Gasteiger partial charge in [-0.05, 0) is 53.0 Å². The molecule has 1 aromatic rings. The van der Waals surface area contributed by atoms with Crippen LogP contribution in [-0.2, 0) is 5.33 Å². The van der Waals surface area contributed by atoms with Crippen LogP contribution in [0.1, 0.15) is 18.4 Å². The van der Waals surface area contributed by atoms with Crippen LogP contribution < -0.4 is 4.90 Å². The highest BCUT2D eigenvalue weighted by Gasteiger charge is 2.30. The Morgan fingerprint density at radius 1 is 1.22 bits per heavy atom. The van der Waals surface area contributed by atoms with Crippen molar-refractivity contribution >= 4 is 37.5 Å². The number of hydrogen-bond acceptors (Lipinski definition) is 2. The summed E-state index contributed by atoms with van der Waals surface area (Å²) < 4.78 is 1.23. The third-order valence-electron chi connectivity index (χ3n) is 4.09. The highest BCUT2D eigenvalue weighted by Crippen LogP contribution is 2.31. The van der Waals surface area contributed by atoms with Crippen LogP contribution in [0.2, 0.25) is 0 Å². The Kier molecular flexibility index (Phi) is 3.97. The Labute approximate surface area is 126 Å². The summed E-state index contributed by atoms with van der Waals surface area (Å²) in [4.78, 5) is 5.19. The average Bonchev–Trinajstić information content (AvgIpc) is 2.85. The van der Waals surface area contributed by atoms with Gasteiger partial charge in [0.25, 0.3) is 0 Å². The number of piperazine rings is 1. The Hall–Kier alpha value is -0.0600. The zero-order valence-electron chi connectivity index (χ0n) is 10.4. The number of fused-ring (bicyclic) bond motifs is 1. The van der Waals surface area contributed by atoms with E-state index in [0.717, 1.165) is 17.9 Å². The van der Waals surface area contributed by atoms with Gasteiger partial charge in [-0.25, -0.2) is 0 Å². The molecular formula is C14H18Br2N2. The number of anilines is 1. The predicted octanol–water partition coefficient (Wildman–Crippen LogP) is 3.63. The smallest absolute Gasteiger partial charge is 0.0511 e. The van der Waals surface area contributed by atoms with Gasteiger partial charge in [-0.3, -0.25) is 4.90 Å². The van der Waals surface area contributed by atoms with Crippen LogP contribution >= 0.6 is 31.9 Å². The molecule has 1 atom stereocenters. The second-order valence-electron chi connectivity index (χ2n) is 5.20. The summed E-state index contributed by atoms with van der Waals surface area (Å²) in [7, 11) is 0. The fourth-order valence-corrected chi connectivity index (χ4v) is 4.13. The lowest BCUT2D eigenvalue weighted by Crippen LogP contribution is -2.50. The molecule has 0 amide bonds. The van der Waals surface area contributed by atoms with Crippen molar-refractivity contribution in [2.24, 2.45) is 0 Å². The van der Waals surface area contributed by atoms with Crippen molar-refractivity contribution in [3.05, 3.63) is 28.2 Å². The maximum Gasteiger partial charge on any atom is 0.0511 e. The van der Waals surface area contributed by atoms with E-state index in [0.29, 0.717) is 0 Å². The minimum Gasteiger partial charge on any atom is -0.368 e. The molecule has 2 nitrogen and oxygen atoms in total. The van der Waals surface area contributed by atoms with Gasteiger partial charge in [0, 0.05) is 35.5 Å². The lowest BCUT2D eigenvalue weighted by atomic mass is 10.1. The molecule has 1 aromatic carbocycles. The van der Waals surface area contributed by atoms with Gasteiger partial charge in [-0.1, -0.05) is 22.0 Å². The Bertz CT molecular complexity index is 436. The molecule has 2 saturated heterocycles.